The number of amides is 1. The van der Waals surface area contributed by atoms with Gasteiger partial charge in [-0.05, 0) is 38.1 Å². The van der Waals surface area contributed by atoms with Gasteiger partial charge in [-0.25, -0.2) is 13.9 Å². The Morgan fingerprint density at radius 1 is 1.24 bits per heavy atom. The van der Waals surface area contributed by atoms with Crippen LogP contribution in [0.2, 0.25) is 0 Å². The monoisotopic (exact) mass is 285 g/mol. The summed E-state index contributed by atoms with van der Waals surface area (Å²) in [6.45, 7) is 3.52. The van der Waals surface area contributed by atoms with E-state index in [1.807, 2.05) is 0 Å². The van der Waals surface area contributed by atoms with Crippen molar-refractivity contribution < 1.29 is 9.18 Å². The maximum absolute atomic E-state index is 12.8. The van der Waals surface area contributed by atoms with E-state index < -0.39 is 0 Å². The molecule has 0 unspecified atom stereocenters. The van der Waals surface area contributed by atoms with Crippen molar-refractivity contribution in [2.75, 3.05) is 5.32 Å². The summed E-state index contributed by atoms with van der Waals surface area (Å²) in [5.41, 5.74) is 1.53. The Hall–Kier alpha value is -2.83. The summed E-state index contributed by atoms with van der Waals surface area (Å²) in [6, 6.07) is 5.55. The van der Waals surface area contributed by atoms with Crippen LogP contribution in [0, 0.1) is 19.7 Å². The third-order valence-electron chi connectivity index (χ3n) is 3.06. The van der Waals surface area contributed by atoms with Crippen LogP contribution in [0.15, 0.2) is 30.5 Å². The predicted molar refractivity (Wildman–Crippen MR) is 74.6 cm³/mol. The molecule has 0 aliphatic carbocycles. The van der Waals surface area contributed by atoms with Crippen LogP contribution >= 0.6 is 0 Å². The number of nitrogens with one attached hydrogen (secondary N) is 1. The fraction of sp³-hybridized carbons (Fsp3) is 0.143. The van der Waals surface area contributed by atoms with Gasteiger partial charge in [0.1, 0.15) is 11.6 Å². The van der Waals surface area contributed by atoms with Gasteiger partial charge < -0.3 is 5.32 Å². The van der Waals surface area contributed by atoms with Gasteiger partial charge >= 0.3 is 0 Å². The molecule has 3 aromatic rings. The minimum Gasteiger partial charge on any atom is -0.322 e. The van der Waals surface area contributed by atoms with E-state index in [1.54, 1.807) is 13.8 Å². The van der Waals surface area contributed by atoms with Gasteiger partial charge in [-0.3, -0.25) is 4.79 Å². The third kappa shape index (κ3) is 2.45. The van der Waals surface area contributed by atoms with E-state index >= 15 is 0 Å². The van der Waals surface area contributed by atoms with Crippen molar-refractivity contribution in [1.29, 1.82) is 0 Å². The molecule has 2 aromatic heterocycles. The smallest absolute Gasteiger partial charge is 0.259 e. The van der Waals surface area contributed by atoms with E-state index in [-0.39, 0.29) is 11.7 Å². The average molecular weight is 285 g/mol. The lowest BCUT2D eigenvalue weighted by Crippen LogP contribution is -2.16. The molecule has 3 rings (SSSR count). The molecule has 0 saturated heterocycles. The Morgan fingerprint density at radius 3 is 2.67 bits per heavy atom. The Kier molecular flexibility index (Phi) is 3.09. The summed E-state index contributed by atoms with van der Waals surface area (Å²) in [5, 5.41) is 6.88. The van der Waals surface area contributed by atoms with Crippen molar-refractivity contribution in [2.24, 2.45) is 0 Å². The van der Waals surface area contributed by atoms with Gasteiger partial charge in [-0.2, -0.15) is 10.1 Å². The summed E-state index contributed by atoms with van der Waals surface area (Å²) >= 11 is 0. The fourth-order valence-electron chi connectivity index (χ4n) is 2.00. The highest BCUT2D eigenvalue weighted by Crippen LogP contribution is 2.13. The van der Waals surface area contributed by atoms with Gasteiger partial charge in [0.25, 0.3) is 11.7 Å². The number of hydrogen-bond acceptors (Lipinski definition) is 4. The number of halogens is 1. The largest absolute Gasteiger partial charge is 0.322 e. The molecule has 0 aliphatic heterocycles. The van der Waals surface area contributed by atoms with E-state index in [2.05, 4.69) is 20.4 Å². The molecule has 21 heavy (non-hydrogen) atoms. The number of aromatic nitrogens is 4. The Balaban J connectivity index is 1.94. The Bertz CT molecular complexity index is 825. The number of carbonyl (C=O) groups excluding carboxylic acids is 1. The number of rotatable bonds is 2. The number of benzene rings is 1. The predicted octanol–water partition coefficient (Wildman–Crippen LogP) is 2.13. The van der Waals surface area contributed by atoms with Crippen LogP contribution in [0.5, 0.6) is 0 Å². The molecule has 0 fully saturated rings. The zero-order valence-corrected chi connectivity index (χ0v) is 11.5. The molecule has 1 amide bonds. The first kappa shape index (κ1) is 13.2. The minimum atomic E-state index is -0.356. The lowest BCUT2D eigenvalue weighted by molar-refractivity contribution is 0.102. The van der Waals surface area contributed by atoms with Crippen molar-refractivity contribution >= 4 is 17.4 Å². The van der Waals surface area contributed by atoms with E-state index in [4.69, 9.17) is 0 Å². The number of carbonyl (C=O) groups is 1. The first-order valence-electron chi connectivity index (χ1n) is 6.30. The second-order valence-corrected chi connectivity index (χ2v) is 4.59. The summed E-state index contributed by atoms with van der Waals surface area (Å²) in [4.78, 5) is 20.5. The van der Waals surface area contributed by atoms with Crippen LogP contribution in [0.1, 0.15) is 21.9 Å². The van der Waals surface area contributed by atoms with Gasteiger partial charge in [-0.1, -0.05) is 0 Å². The summed E-state index contributed by atoms with van der Waals surface area (Å²) in [7, 11) is 0. The standard InChI is InChI=1S/C14H12FN5O/c1-8-12(7-16-14-17-9(2)19-20(8)14)13(21)18-11-5-3-10(15)4-6-11/h3-7H,1-2H3,(H,18,21). The van der Waals surface area contributed by atoms with Crippen LogP contribution in [0.25, 0.3) is 5.78 Å². The van der Waals surface area contributed by atoms with Crippen LogP contribution in [-0.2, 0) is 0 Å². The lowest BCUT2D eigenvalue weighted by Gasteiger charge is -2.08. The Morgan fingerprint density at radius 2 is 1.95 bits per heavy atom. The molecular formula is C14H12FN5O. The van der Waals surface area contributed by atoms with E-state index in [0.717, 1.165) is 0 Å². The van der Waals surface area contributed by atoms with Gasteiger partial charge in [0.2, 0.25) is 0 Å². The summed E-state index contributed by atoms with van der Waals surface area (Å²) in [5.74, 6) is 0.344. The van der Waals surface area contributed by atoms with Crippen molar-refractivity contribution in [2.45, 2.75) is 13.8 Å². The van der Waals surface area contributed by atoms with E-state index in [9.17, 15) is 9.18 Å². The molecule has 2 heterocycles. The highest BCUT2D eigenvalue weighted by Gasteiger charge is 2.14. The average Bonchev–Trinajstić information content (AvgIpc) is 2.83. The first-order chi connectivity index (χ1) is 10.0. The highest BCUT2D eigenvalue weighted by molar-refractivity contribution is 6.04. The van der Waals surface area contributed by atoms with Crippen LogP contribution in [0.4, 0.5) is 10.1 Å². The van der Waals surface area contributed by atoms with Gasteiger partial charge in [0.05, 0.1) is 11.3 Å². The quantitative estimate of drug-likeness (QED) is 0.783. The molecule has 0 saturated carbocycles. The molecule has 1 N–H and O–H groups in total. The molecule has 0 bridgehead atoms. The molecule has 7 heteroatoms. The second-order valence-electron chi connectivity index (χ2n) is 4.59. The maximum atomic E-state index is 12.8. The zero-order valence-electron chi connectivity index (χ0n) is 11.5. The van der Waals surface area contributed by atoms with Crippen LogP contribution in [-0.4, -0.2) is 25.5 Å². The number of aryl methyl sites for hydroxylation is 2. The number of fused-ring (bicyclic) bond motifs is 1. The zero-order chi connectivity index (χ0) is 15.0. The fourth-order valence-corrected chi connectivity index (χ4v) is 2.00. The SMILES string of the molecule is Cc1nc2ncc(C(=O)Nc3ccc(F)cc3)c(C)n2n1. The van der Waals surface area contributed by atoms with Gasteiger partial charge in [0, 0.05) is 11.9 Å². The third-order valence-corrected chi connectivity index (χ3v) is 3.06. The second kappa shape index (κ2) is 4.93. The summed E-state index contributed by atoms with van der Waals surface area (Å²) in [6.07, 6.45) is 1.46. The normalized spacial score (nSPS) is 10.8. The molecule has 6 nitrogen and oxygen atoms in total. The van der Waals surface area contributed by atoms with Crippen molar-refractivity contribution in [3.05, 3.63) is 53.4 Å². The molecule has 106 valence electrons. The van der Waals surface area contributed by atoms with Gasteiger partial charge in [-0.15, -0.1) is 0 Å². The molecule has 1 aromatic carbocycles. The molecule has 0 aliphatic rings. The molecule has 0 radical (unpaired) electrons. The number of hydrogen-bond donors (Lipinski definition) is 1. The topological polar surface area (TPSA) is 72.2 Å². The minimum absolute atomic E-state index is 0.332. The Labute approximate surface area is 119 Å². The van der Waals surface area contributed by atoms with Crippen molar-refractivity contribution in [3.63, 3.8) is 0 Å². The maximum Gasteiger partial charge on any atom is 0.259 e. The molecule has 0 atom stereocenters. The van der Waals surface area contributed by atoms with E-state index in [0.29, 0.717) is 28.5 Å². The van der Waals surface area contributed by atoms with Crippen LogP contribution in [0.3, 0.4) is 0 Å². The number of anilines is 1. The van der Waals surface area contributed by atoms with Crippen molar-refractivity contribution in [1.82, 2.24) is 19.6 Å². The van der Waals surface area contributed by atoms with E-state index in [1.165, 1.54) is 35.0 Å². The first-order valence-corrected chi connectivity index (χ1v) is 6.30. The van der Waals surface area contributed by atoms with Crippen LogP contribution < -0.4 is 5.32 Å². The highest BCUT2D eigenvalue weighted by atomic mass is 19.1. The van der Waals surface area contributed by atoms with Gasteiger partial charge in [0.15, 0.2) is 0 Å². The lowest BCUT2D eigenvalue weighted by atomic mass is 10.2. The van der Waals surface area contributed by atoms with Crippen molar-refractivity contribution in [3.8, 4) is 0 Å². The molecule has 0 spiro atoms. The number of nitrogens with zero attached hydrogens (tertiary/aromatic N) is 4. The molecular weight excluding hydrogens is 273 g/mol. The summed E-state index contributed by atoms with van der Waals surface area (Å²) < 4.78 is 14.4.